The van der Waals surface area contributed by atoms with Gasteiger partial charge < -0.3 is 29.2 Å². The van der Waals surface area contributed by atoms with E-state index in [2.05, 4.69) is 27.9 Å². The van der Waals surface area contributed by atoms with Gasteiger partial charge in [0.2, 0.25) is 0 Å². The third-order valence-corrected chi connectivity index (χ3v) is 8.04. The van der Waals surface area contributed by atoms with Crippen LogP contribution in [0.3, 0.4) is 0 Å². The molecule has 224 valence electrons. The van der Waals surface area contributed by atoms with E-state index in [9.17, 15) is 24.6 Å². The third kappa shape index (κ3) is 6.31. The molecule has 1 aromatic heterocycles. The summed E-state index contributed by atoms with van der Waals surface area (Å²) >= 11 is 2.18. The molecule has 2 fully saturated rings. The lowest BCUT2D eigenvalue weighted by Gasteiger charge is -2.30. The number of halogens is 1. The zero-order chi connectivity index (χ0) is 30.2. The maximum atomic E-state index is 13.6. The molecular weight excluding hydrogens is 661 g/mol. The van der Waals surface area contributed by atoms with Crippen LogP contribution < -0.4 is 21.3 Å². The second kappa shape index (κ2) is 12.3. The highest BCUT2D eigenvalue weighted by Crippen LogP contribution is 2.44. The fourth-order valence-corrected chi connectivity index (χ4v) is 5.62. The number of fused-ring (bicyclic) bond motifs is 1. The van der Waals surface area contributed by atoms with Crippen molar-refractivity contribution in [2.75, 3.05) is 7.11 Å². The van der Waals surface area contributed by atoms with E-state index in [1.807, 2.05) is 24.3 Å². The van der Waals surface area contributed by atoms with Crippen LogP contribution in [0.1, 0.15) is 31.2 Å². The van der Waals surface area contributed by atoms with E-state index in [0.717, 1.165) is 13.7 Å². The Kier molecular flexibility index (Phi) is 8.87. The summed E-state index contributed by atoms with van der Waals surface area (Å²) < 4.78 is 26.8. The minimum Gasteiger partial charge on any atom is -0.497 e. The lowest BCUT2D eigenvalue weighted by Crippen LogP contribution is -2.54. The van der Waals surface area contributed by atoms with Gasteiger partial charge in [-0.15, -0.1) is 0 Å². The average molecular weight is 693 g/mol. The van der Waals surface area contributed by atoms with Crippen molar-refractivity contribution in [2.24, 2.45) is 0 Å². The number of aromatic nitrogens is 2. The summed E-state index contributed by atoms with van der Waals surface area (Å²) in [5, 5.41) is 24.2. The molecule has 3 aromatic rings. The van der Waals surface area contributed by atoms with Crippen LogP contribution in [0.15, 0.2) is 70.4 Å². The highest BCUT2D eigenvalue weighted by molar-refractivity contribution is 14.1. The number of nitrogens with zero attached hydrogens (tertiary/aromatic N) is 2. The van der Waals surface area contributed by atoms with Crippen LogP contribution in [-0.2, 0) is 32.1 Å². The Labute approximate surface area is 254 Å². The Balaban J connectivity index is 1.42. The van der Waals surface area contributed by atoms with E-state index in [1.54, 1.807) is 45.2 Å². The first-order valence-electron chi connectivity index (χ1n) is 13.3. The summed E-state index contributed by atoms with van der Waals surface area (Å²) in [4.78, 5) is 38.6. The van der Waals surface area contributed by atoms with E-state index in [0.29, 0.717) is 11.3 Å². The highest BCUT2D eigenvalue weighted by atomic mass is 127. The third-order valence-electron chi connectivity index (χ3n) is 7.32. The number of carbonyl (C=O) groups is 1. The van der Waals surface area contributed by atoms with Crippen LogP contribution >= 0.6 is 22.6 Å². The van der Waals surface area contributed by atoms with Gasteiger partial charge in [0, 0.05) is 22.4 Å². The number of carboxylic acids is 1. The molecule has 42 heavy (non-hydrogen) atoms. The monoisotopic (exact) mass is 693 g/mol. The molecular formula is C29H32IN3O9. The molecule has 5 rings (SSSR count). The quantitative estimate of drug-likeness (QED) is 0.268. The summed E-state index contributed by atoms with van der Waals surface area (Å²) in [5.74, 6) is -1.73. The Hall–Kier alpha value is -3.08. The average Bonchev–Trinajstić information content (AvgIpc) is 3.45. The molecule has 2 saturated heterocycles. The molecule has 0 saturated carbocycles. The molecule has 0 spiro atoms. The van der Waals surface area contributed by atoms with E-state index >= 15 is 0 Å². The molecule has 0 amide bonds. The molecule has 2 aliphatic rings. The number of hydrogen-bond donors (Lipinski definition) is 3. The summed E-state index contributed by atoms with van der Waals surface area (Å²) in [6.45, 7) is 3.56. The molecule has 2 aromatic carbocycles. The maximum Gasteiger partial charge on any atom is 0.333 e. The van der Waals surface area contributed by atoms with Crippen LogP contribution in [0.25, 0.3) is 0 Å². The zero-order valence-electron chi connectivity index (χ0n) is 23.2. The first-order chi connectivity index (χ1) is 20.0. The molecule has 2 aliphatic heterocycles. The number of ether oxygens (including phenoxy) is 4. The number of carboxylic acid groups (broad SMARTS) is 1. The minimum atomic E-state index is -1.57. The van der Waals surface area contributed by atoms with Crippen molar-refractivity contribution in [3.05, 3.63) is 96.3 Å². The van der Waals surface area contributed by atoms with Crippen molar-refractivity contribution in [1.82, 2.24) is 14.5 Å². The molecule has 3 heterocycles. The van der Waals surface area contributed by atoms with Gasteiger partial charge in [-0.1, -0.05) is 24.3 Å². The summed E-state index contributed by atoms with van der Waals surface area (Å²) in [5.41, 5.74) is 0.380. The van der Waals surface area contributed by atoms with Gasteiger partial charge in [-0.3, -0.25) is 24.0 Å². The van der Waals surface area contributed by atoms with E-state index < -0.39 is 59.7 Å². The largest absolute Gasteiger partial charge is 0.497 e. The predicted octanol–water partition coefficient (Wildman–Crippen LogP) is 1.69. The number of aliphatic carboxylic acids is 1. The molecule has 0 unspecified atom stereocenters. The van der Waals surface area contributed by atoms with Crippen molar-refractivity contribution >= 4 is 28.6 Å². The van der Waals surface area contributed by atoms with Crippen LogP contribution in [0.5, 0.6) is 5.75 Å². The molecule has 6 atom stereocenters. The highest BCUT2D eigenvalue weighted by Gasteiger charge is 2.59. The van der Waals surface area contributed by atoms with Gasteiger partial charge in [-0.05, 0) is 71.8 Å². The second-order valence-electron chi connectivity index (χ2n) is 10.6. The first-order valence-corrected chi connectivity index (χ1v) is 14.4. The summed E-state index contributed by atoms with van der Waals surface area (Å²) in [6.07, 6.45) is -4.28. The number of aliphatic hydroxyl groups is 1. The molecule has 0 bridgehead atoms. The zero-order valence-corrected chi connectivity index (χ0v) is 25.3. The minimum absolute atomic E-state index is 0.00175. The smallest absolute Gasteiger partial charge is 0.333 e. The topological polar surface area (TPSA) is 150 Å². The molecule has 0 radical (unpaired) electrons. The van der Waals surface area contributed by atoms with E-state index in [-0.39, 0.29) is 13.1 Å². The fraction of sp³-hybridized carbons (Fsp3) is 0.414. The number of rotatable bonds is 10. The number of aliphatic hydroxyl groups excluding tert-OH is 1. The van der Waals surface area contributed by atoms with Crippen LogP contribution in [0.4, 0.5) is 0 Å². The predicted molar refractivity (Wildman–Crippen MR) is 158 cm³/mol. The van der Waals surface area contributed by atoms with Gasteiger partial charge in [0.15, 0.2) is 12.0 Å². The molecule has 3 N–H and O–H groups in total. The van der Waals surface area contributed by atoms with E-state index in [1.165, 1.54) is 16.8 Å². The Bertz CT molecular complexity index is 1540. The first kappa shape index (κ1) is 30.4. The van der Waals surface area contributed by atoms with Gasteiger partial charge in [0.1, 0.15) is 36.2 Å². The fourth-order valence-electron chi connectivity index (χ4n) is 5.26. The van der Waals surface area contributed by atoms with Crippen molar-refractivity contribution in [1.29, 1.82) is 0 Å². The number of nitrogens with one attached hydrogen (secondary N) is 1. The van der Waals surface area contributed by atoms with Gasteiger partial charge in [-0.2, -0.15) is 0 Å². The van der Waals surface area contributed by atoms with Crippen molar-refractivity contribution in [3.63, 3.8) is 0 Å². The van der Waals surface area contributed by atoms with Crippen LogP contribution in [0.2, 0.25) is 0 Å². The van der Waals surface area contributed by atoms with Crippen molar-refractivity contribution in [3.8, 4) is 5.75 Å². The molecule has 12 nitrogen and oxygen atoms in total. The van der Waals surface area contributed by atoms with Gasteiger partial charge >= 0.3 is 11.7 Å². The maximum absolute atomic E-state index is 13.6. The number of methoxy groups -OCH3 is 1. The lowest BCUT2D eigenvalue weighted by molar-refractivity contribution is -0.210. The molecule has 13 heteroatoms. The Morgan fingerprint density at radius 2 is 1.69 bits per heavy atom. The van der Waals surface area contributed by atoms with Gasteiger partial charge in [0.05, 0.1) is 13.7 Å². The second-order valence-corrected chi connectivity index (χ2v) is 11.9. The number of hydrogen-bond acceptors (Lipinski definition) is 9. The standard InChI is InChI=1S/C29H32IN3O9/c1-29(2)41-24-23(22(35)21(27(36)37)31-14-16-4-8-18(30)9-5-16)40-26(25(24)42-29)32-13-12-20(34)33(28(32)38)15-17-6-10-19(39-3)11-7-17/h4-13,21-26,31,35H,14-15H2,1-3H3,(H,36,37)/t21-,22-,23+,24+,25+,26+/m0/s1. The normalized spacial score (nSPS) is 24.2. The lowest BCUT2D eigenvalue weighted by atomic mass is 9.99. The van der Waals surface area contributed by atoms with Gasteiger partial charge in [0.25, 0.3) is 5.56 Å². The van der Waals surface area contributed by atoms with Crippen LogP contribution in [0, 0.1) is 3.57 Å². The summed E-state index contributed by atoms with van der Waals surface area (Å²) in [6, 6.07) is 14.3. The number of benzene rings is 2. The SMILES string of the molecule is COc1ccc(Cn2c(=O)ccn([C@@H]3O[C@H]([C@@H](O)[C@H](NCc4ccc(I)cc4)C(=O)O)[C@H]4OC(C)(C)O[C@H]43)c2=O)cc1. The van der Waals surface area contributed by atoms with Crippen LogP contribution in [-0.4, -0.2) is 68.7 Å². The Morgan fingerprint density at radius 1 is 1.05 bits per heavy atom. The molecule has 0 aliphatic carbocycles. The van der Waals surface area contributed by atoms with Crippen molar-refractivity contribution in [2.45, 2.75) is 69.4 Å². The van der Waals surface area contributed by atoms with E-state index in [4.69, 9.17) is 18.9 Å². The Morgan fingerprint density at radius 3 is 2.33 bits per heavy atom. The van der Waals surface area contributed by atoms with Crippen molar-refractivity contribution < 1.29 is 34.0 Å². The summed E-state index contributed by atoms with van der Waals surface area (Å²) in [7, 11) is 1.54. The van der Waals surface area contributed by atoms with Gasteiger partial charge in [-0.25, -0.2) is 4.79 Å².